The minimum Gasteiger partial charge on any atom is -0.469 e. The first-order chi connectivity index (χ1) is 20.2. The van der Waals surface area contributed by atoms with Gasteiger partial charge in [-0.1, -0.05) is 0 Å². The van der Waals surface area contributed by atoms with E-state index in [1.54, 1.807) is 19.2 Å². The van der Waals surface area contributed by atoms with E-state index in [-0.39, 0.29) is 68.4 Å². The molecule has 15 heteroatoms. The van der Waals surface area contributed by atoms with Crippen molar-refractivity contribution in [1.29, 1.82) is 0 Å². The number of amides is 3. The molecule has 0 bridgehead atoms. The minimum atomic E-state index is -0.863. The average Bonchev–Trinajstić information content (AvgIpc) is 3.58. The van der Waals surface area contributed by atoms with Crippen molar-refractivity contribution in [1.82, 2.24) is 24.8 Å². The number of hydrogen-bond donors (Lipinski definition) is 1. The molecular weight excluding hydrogens is 556 g/mol. The lowest BCUT2D eigenvalue weighted by Gasteiger charge is -2.37. The van der Waals surface area contributed by atoms with Crippen molar-refractivity contribution < 1.29 is 37.4 Å². The molecule has 1 aromatic carbocycles. The van der Waals surface area contributed by atoms with Crippen LogP contribution in [0.4, 0.5) is 25.0 Å². The van der Waals surface area contributed by atoms with Gasteiger partial charge in [0.15, 0.2) is 17.3 Å². The van der Waals surface area contributed by atoms with Gasteiger partial charge in [0.1, 0.15) is 23.4 Å². The van der Waals surface area contributed by atoms with E-state index in [4.69, 9.17) is 4.74 Å². The summed E-state index contributed by atoms with van der Waals surface area (Å²) in [5.74, 6) is -3.01. The third kappa shape index (κ3) is 5.80. The van der Waals surface area contributed by atoms with E-state index in [9.17, 15) is 19.2 Å². The molecule has 222 valence electrons. The Morgan fingerprint density at radius 1 is 1.17 bits per heavy atom. The molecule has 5 rings (SSSR count). The molecule has 3 amide bonds. The molecule has 0 saturated carbocycles. The molecule has 0 radical (unpaired) electrons. The van der Waals surface area contributed by atoms with Crippen molar-refractivity contribution >= 4 is 40.9 Å². The SMILES string of the molecule is COC(=O)CC[C@H]1CN(c2cc(F)c(N3CCN(C(=O)[C@H](C)NC(=O)c4cnn5cccnc45)CC3)c(F)c2)C(=O)O1. The van der Waals surface area contributed by atoms with Crippen molar-refractivity contribution in [2.75, 3.05) is 49.6 Å². The zero-order valence-corrected chi connectivity index (χ0v) is 23.0. The molecule has 2 aromatic heterocycles. The van der Waals surface area contributed by atoms with Crippen LogP contribution in [0.1, 0.15) is 30.1 Å². The molecule has 2 fully saturated rings. The van der Waals surface area contributed by atoms with E-state index in [1.807, 2.05) is 0 Å². The van der Waals surface area contributed by atoms with Crippen LogP contribution in [0.2, 0.25) is 0 Å². The Hall–Kier alpha value is -4.82. The molecule has 0 unspecified atom stereocenters. The highest BCUT2D eigenvalue weighted by atomic mass is 19.1. The number of esters is 1. The number of hydrogen-bond acceptors (Lipinski definition) is 9. The maximum absolute atomic E-state index is 15.2. The number of nitrogens with one attached hydrogen (secondary N) is 1. The van der Waals surface area contributed by atoms with Crippen LogP contribution in [0.15, 0.2) is 36.8 Å². The van der Waals surface area contributed by atoms with E-state index >= 15 is 8.78 Å². The maximum Gasteiger partial charge on any atom is 0.414 e. The number of cyclic esters (lactones) is 1. The second-order valence-electron chi connectivity index (χ2n) is 9.94. The van der Waals surface area contributed by atoms with Gasteiger partial charge in [0.25, 0.3) is 5.91 Å². The van der Waals surface area contributed by atoms with Gasteiger partial charge >= 0.3 is 12.1 Å². The number of nitrogens with zero attached hydrogens (tertiary/aromatic N) is 6. The number of benzene rings is 1. The monoisotopic (exact) mass is 585 g/mol. The van der Waals surface area contributed by atoms with Gasteiger partial charge in [-0.25, -0.2) is 23.1 Å². The lowest BCUT2D eigenvalue weighted by Crippen LogP contribution is -2.54. The maximum atomic E-state index is 15.2. The van der Waals surface area contributed by atoms with Gasteiger partial charge in [0.05, 0.1) is 25.5 Å². The number of aromatic nitrogens is 3. The molecule has 1 N–H and O–H groups in total. The van der Waals surface area contributed by atoms with Gasteiger partial charge in [-0.05, 0) is 19.4 Å². The highest BCUT2D eigenvalue weighted by molar-refractivity contribution is 6.01. The molecule has 0 aliphatic carbocycles. The summed E-state index contributed by atoms with van der Waals surface area (Å²) in [4.78, 5) is 57.7. The first kappa shape index (κ1) is 28.7. The zero-order chi connectivity index (χ0) is 30.0. The molecule has 13 nitrogen and oxygen atoms in total. The molecule has 0 spiro atoms. The number of rotatable bonds is 8. The van der Waals surface area contributed by atoms with Gasteiger partial charge in [0.2, 0.25) is 5.91 Å². The fourth-order valence-electron chi connectivity index (χ4n) is 5.02. The number of methoxy groups -OCH3 is 1. The summed E-state index contributed by atoms with van der Waals surface area (Å²) < 4.78 is 41.6. The van der Waals surface area contributed by atoms with Gasteiger partial charge in [-0.15, -0.1) is 0 Å². The summed E-state index contributed by atoms with van der Waals surface area (Å²) in [5, 5.41) is 6.74. The molecule has 42 heavy (non-hydrogen) atoms. The highest BCUT2D eigenvalue weighted by Crippen LogP contribution is 2.32. The lowest BCUT2D eigenvalue weighted by molar-refractivity contribution is -0.141. The van der Waals surface area contributed by atoms with E-state index in [2.05, 4.69) is 20.1 Å². The summed E-state index contributed by atoms with van der Waals surface area (Å²) in [6.07, 6.45) is 3.45. The molecule has 4 heterocycles. The Kier molecular flexibility index (Phi) is 8.17. The topological polar surface area (TPSA) is 139 Å². The molecule has 2 aliphatic heterocycles. The standard InChI is InChI=1S/C27H29F2N7O6/c1-16(32-25(38)19-14-31-36-7-3-6-30-24(19)36)26(39)34-10-8-33(9-11-34)23-20(28)12-17(13-21(23)29)35-15-18(42-27(35)40)4-5-22(37)41-2/h3,6-7,12-14,16,18H,4-5,8-11,15H2,1-2H3,(H,32,38)/t16-,18-/m0/s1. The smallest absolute Gasteiger partial charge is 0.414 e. The Bertz CT molecular complexity index is 1500. The van der Waals surface area contributed by atoms with Gasteiger partial charge in [-0.2, -0.15) is 5.10 Å². The van der Waals surface area contributed by atoms with Crippen molar-refractivity contribution in [3.8, 4) is 0 Å². The number of carbonyl (C=O) groups is 4. The van der Waals surface area contributed by atoms with Gasteiger partial charge in [-0.3, -0.25) is 19.3 Å². The Labute approximate surface area is 239 Å². The van der Waals surface area contributed by atoms with Gasteiger partial charge < -0.3 is 24.6 Å². The first-order valence-electron chi connectivity index (χ1n) is 13.3. The molecule has 2 atom stereocenters. The Balaban J connectivity index is 1.17. The number of piperazine rings is 1. The van der Waals surface area contributed by atoms with Crippen LogP contribution in [-0.4, -0.2) is 95.4 Å². The largest absolute Gasteiger partial charge is 0.469 e. The van der Waals surface area contributed by atoms with Gasteiger partial charge in [0, 0.05) is 57.1 Å². The van der Waals surface area contributed by atoms with E-state index in [1.165, 1.54) is 33.8 Å². The highest BCUT2D eigenvalue weighted by Gasteiger charge is 2.35. The normalized spacial score (nSPS) is 17.8. The van der Waals surface area contributed by atoms with Crippen LogP contribution in [0, 0.1) is 11.6 Å². The molecule has 3 aromatic rings. The summed E-state index contributed by atoms with van der Waals surface area (Å²) in [7, 11) is 1.25. The minimum absolute atomic E-state index is 0.000834. The number of halogens is 2. The third-order valence-electron chi connectivity index (χ3n) is 7.24. The van der Waals surface area contributed by atoms with Crippen LogP contribution in [0.25, 0.3) is 5.65 Å². The van der Waals surface area contributed by atoms with E-state index < -0.39 is 41.7 Å². The third-order valence-corrected chi connectivity index (χ3v) is 7.24. The number of fused-ring (bicyclic) bond motifs is 1. The zero-order valence-electron chi connectivity index (χ0n) is 23.0. The average molecular weight is 586 g/mol. The number of anilines is 2. The van der Waals surface area contributed by atoms with E-state index in [0.29, 0.717) is 5.65 Å². The predicted octanol–water partition coefficient (Wildman–Crippen LogP) is 1.75. The Morgan fingerprint density at radius 3 is 2.57 bits per heavy atom. The lowest BCUT2D eigenvalue weighted by atomic mass is 10.1. The summed E-state index contributed by atoms with van der Waals surface area (Å²) >= 11 is 0. The van der Waals surface area contributed by atoms with Crippen molar-refractivity contribution in [2.24, 2.45) is 0 Å². The second kappa shape index (κ2) is 12.0. The molecule has 2 saturated heterocycles. The van der Waals surface area contributed by atoms with Crippen LogP contribution in [-0.2, 0) is 19.1 Å². The fraction of sp³-hybridized carbons (Fsp3) is 0.407. The second-order valence-corrected chi connectivity index (χ2v) is 9.94. The summed E-state index contributed by atoms with van der Waals surface area (Å²) in [6.45, 7) is 2.26. The first-order valence-corrected chi connectivity index (χ1v) is 13.3. The number of carbonyl (C=O) groups excluding carboxylic acids is 4. The quantitative estimate of drug-likeness (QED) is 0.392. The summed E-state index contributed by atoms with van der Waals surface area (Å²) in [5.41, 5.74) is 0.327. The molecule has 2 aliphatic rings. The number of ether oxygens (including phenoxy) is 2. The van der Waals surface area contributed by atoms with E-state index in [0.717, 1.165) is 17.0 Å². The van der Waals surface area contributed by atoms with Crippen LogP contribution < -0.4 is 15.1 Å². The summed E-state index contributed by atoms with van der Waals surface area (Å²) in [6, 6.07) is 2.95. The predicted molar refractivity (Wildman–Crippen MR) is 144 cm³/mol. The van der Waals surface area contributed by atoms with Crippen LogP contribution in [0.5, 0.6) is 0 Å². The molecular formula is C27H29F2N7O6. The van der Waals surface area contributed by atoms with Crippen molar-refractivity contribution in [2.45, 2.75) is 31.9 Å². The van der Waals surface area contributed by atoms with Crippen molar-refractivity contribution in [3.63, 3.8) is 0 Å². The van der Waals surface area contributed by atoms with Crippen molar-refractivity contribution in [3.05, 3.63) is 54.0 Å². The van der Waals surface area contributed by atoms with Crippen LogP contribution in [0.3, 0.4) is 0 Å². The van der Waals surface area contributed by atoms with Crippen LogP contribution >= 0.6 is 0 Å². The fourth-order valence-corrected chi connectivity index (χ4v) is 5.02. The Morgan fingerprint density at radius 2 is 1.88 bits per heavy atom.